The zero-order chi connectivity index (χ0) is 14.9. The Bertz CT molecular complexity index is 417. The first-order valence-corrected chi connectivity index (χ1v) is 8.83. The second kappa shape index (κ2) is 9.44. The molecular weight excluding hydrogens is 328 g/mol. The van der Waals surface area contributed by atoms with Crippen molar-refractivity contribution < 1.29 is 4.74 Å². The average Bonchev–Trinajstić information content (AvgIpc) is 2.45. The number of halogens is 1. The standard InChI is InChI=1S/C17H27BrN2O/c1-21-12-9-19-14-15-7-8-16(13-17(15)18)20-10-5-3-2-4-6-11-20/h7-8,13,19H,2-6,9-12,14H2,1H3. The summed E-state index contributed by atoms with van der Waals surface area (Å²) >= 11 is 3.72. The van der Waals surface area contributed by atoms with Crippen molar-refractivity contribution in [1.29, 1.82) is 0 Å². The number of benzene rings is 1. The lowest BCUT2D eigenvalue weighted by atomic mass is 10.1. The summed E-state index contributed by atoms with van der Waals surface area (Å²) in [5, 5.41) is 3.39. The molecule has 0 spiro atoms. The third-order valence-electron chi connectivity index (χ3n) is 4.06. The molecule has 1 fully saturated rings. The van der Waals surface area contributed by atoms with Crippen LogP contribution in [0.15, 0.2) is 22.7 Å². The first-order chi connectivity index (χ1) is 10.3. The molecule has 1 aliphatic rings. The first kappa shape index (κ1) is 16.8. The summed E-state index contributed by atoms with van der Waals surface area (Å²) in [6.07, 6.45) is 6.79. The van der Waals surface area contributed by atoms with E-state index in [0.717, 1.165) is 19.7 Å². The van der Waals surface area contributed by atoms with Crippen LogP contribution in [0.4, 0.5) is 5.69 Å². The maximum absolute atomic E-state index is 5.05. The van der Waals surface area contributed by atoms with Crippen molar-refractivity contribution in [3.05, 3.63) is 28.2 Å². The van der Waals surface area contributed by atoms with Crippen molar-refractivity contribution in [3.8, 4) is 0 Å². The van der Waals surface area contributed by atoms with Gasteiger partial charge in [0.15, 0.2) is 0 Å². The van der Waals surface area contributed by atoms with Crippen LogP contribution in [-0.4, -0.2) is 33.4 Å². The quantitative estimate of drug-likeness (QED) is 0.782. The number of ether oxygens (including phenoxy) is 1. The highest BCUT2D eigenvalue weighted by atomic mass is 79.9. The van der Waals surface area contributed by atoms with E-state index in [-0.39, 0.29) is 0 Å². The topological polar surface area (TPSA) is 24.5 Å². The smallest absolute Gasteiger partial charge is 0.0587 e. The van der Waals surface area contributed by atoms with Gasteiger partial charge in [-0.15, -0.1) is 0 Å². The van der Waals surface area contributed by atoms with Crippen LogP contribution in [0, 0.1) is 0 Å². The monoisotopic (exact) mass is 354 g/mol. The van der Waals surface area contributed by atoms with Gasteiger partial charge in [0.25, 0.3) is 0 Å². The van der Waals surface area contributed by atoms with Gasteiger partial charge >= 0.3 is 0 Å². The second-order valence-corrected chi connectivity index (χ2v) is 6.55. The van der Waals surface area contributed by atoms with Crippen LogP contribution in [0.25, 0.3) is 0 Å². The van der Waals surface area contributed by atoms with Crippen molar-refractivity contribution in [2.24, 2.45) is 0 Å². The molecule has 3 nitrogen and oxygen atoms in total. The van der Waals surface area contributed by atoms with E-state index in [1.807, 2.05) is 0 Å². The number of nitrogens with one attached hydrogen (secondary N) is 1. The lowest BCUT2D eigenvalue weighted by Gasteiger charge is -2.27. The first-order valence-electron chi connectivity index (χ1n) is 8.04. The predicted molar refractivity (Wildman–Crippen MR) is 93.0 cm³/mol. The van der Waals surface area contributed by atoms with Gasteiger partial charge in [0.2, 0.25) is 0 Å². The maximum atomic E-state index is 5.05. The highest BCUT2D eigenvalue weighted by Gasteiger charge is 2.10. The fraction of sp³-hybridized carbons (Fsp3) is 0.647. The molecule has 4 heteroatoms. The van der Waals surface area contributed by atoms with Gasteiger partial charge in [-0.25, -0.2) is 0 Å². The van der Waals surface area contributed by atoms with Gasteiger partial charge in [-0.05, 0) is 30.5 Å². The predicted octanol–water partition coefficient (Wildman–Crippen LogP) is 3.96. The fourth-order valence-electron chi connectivity index (χ4n) is 2.78. The molecule has 0 saturated carbocycles. The average molecular weight is 355 g/mol. The Hall–Kier alpha value is -0.580. The number of anilines is 1. The van der Waals surface area contributed by atoms with E-state index in [9.17, 15) is 0 Å². The molecule has 0 aromatic heterocycles. The third kappa shape index (κ3) is 5.61. The van der Waals surface area contributed by atoms with E-state index in [4.69, 9.17) is 4.74 Å². The minimum Gasteiger partial charge on any atom is -0.383 e. The van der Waals surface area contributed by atoms with E-state index in [0.29, 0.717) is 0 Å². The Balaban J connectivity index is 1.93. The zero-order valence-corrected chi connectivity index (χ0v) is 14.6. The molecule has 1 aromatic rings. The van der Waals surface area contributed by atoms with E-state index < -0.39 is 0 Å². The van der Waals surface area contributed by atoms with Crippen LogP contribution < -0.4 is 10.2 Å². The zero-order valence-electron chi connectivity index (χ0n) is 13.0. The SMILES string of the molecule is COCCNCc1ccc(N2CCCCCCC2)cc1Br. The molecule has 0 atom stereocenters. The molecule has 0 unspecified atom stereocenters. The minimum atomic E-state index is 0.753. The molecule has 1 N–H and O–H groups in total. The lowest BCUT2D eigenvalue weighted by Crippen LogP contribution is -2.27. The summed E-state index contributed by atoms with van der Waals surface area (Å²) in [6, 6.07) is 6.77. The van der Waals surface area contributed by atoms with Crippen LogP contribution >= 0.6 is 15.9 Å². The molecule has 0 radical (unpaired) electrons. The summed E-state index contributed by atoms with van der Waals surface area (Å²) < 4.78 is 6.25. The summed E-state index contributed by atoms with van der Waals surface area (Å²) in [6.45, 7) is 4.90. The molecule has 2 rings (SSSR count). The van der Waals surface area contributed by atoms with Crippen molar-refractivity contribution >= 4 is 21.6 Å². The van der Waals surface area contributed by atoms with Crippen molar-refractivity contribution in [2.45, 2.75) is 38.6 Å². The van der Waals surface area contributed by atoms with Crippen molar-refractivity contribution in [3.63, 3.8) is 0 Å². The van der Waals surface area contributed by atoms with E-state index in [2.05, 4.69) is 44.3 Å². The highest BCUT2D eigenvalue weighted by Crippen LogP contribution is 2.26. The molecule has 0 bridgehead atoms. The maximum Gasteiger partial charge on any atom is 0.0587 e. The molecule has 0 aliphatic carbocycles. The normalized spacial score (nSPS) is 16.6. The van der Waals surface area contributed by atoms with Crippen molar-refractivity contribution in [1.82, 2.24) is 5.32 Å². The fourth-order valence-corrected chi connectivity index (χ4v) is 3.29. The Morgan fingerprint density at radius 2 is 1.86 bits per heavy atom. The number of rotatable bonds is 6. The van der Waals surface area contributed by atoms with Crippen LogP contribution in [0.2, 0.25) is 0 Å². The molecule has 118 valence electrons. The molecular formula is C17H27BrN2O. The van der Waals surface area contributed by atoms with Gasteiger partial charge in [-0.3, -0.25) is 0 Å². The number of hydrogen-bond acceptors (Lipinski definition) is 3. The van der Waals surface area contributed by atoms with Gasteiger partial charge in [0, 0.05) is 43.4 Å². The van der Waals surface area contributed by atoms with Crippen LogP contribution in [-0.2, 0) is 11.3 Å². The van der Waals surface area contributed by atoms with Crippen LogP contribution in [0.1, 0.15) is 37.7 Å². The van der Waals surface area contributed by atoms with Gasteiger partial charge in [0.1, 0.15) is 0 Å². The second-order valence-electron chi connectivity index (χ2n) is 5.70. The van der Waals surface area contributed by atoms with Crippen LogP contribution in [0.3, 0.4) is 0 Å². The van der Waals surface area contributed by atoms with E-state index in [1.54, 1.807) is 7.11 Å². The van der Waals surface area contributed by atoms with Crippen LogP contribution in [0.5, 0.6) is 0 Å². The van der Waals surface area contributed by atoms with Crippen molar-refractivity contribution in [2.75, 3.05) is 38.3 Å². The molecule has 0 amide bonds. The lowest BCUT2D eigenvalue weighted by molar-refractivity contribution is 0.199. The number of nitrogens with zero attached hydrogens (tertiary/aromatic N) is 1. The van der Waals surface area contributed by atoms with E-state index in [1.165, 1.54) is 60.9 Å². The highest BCUT2D eigenvalue weighted by molar-refractivity contribution is 9.10. The largest absolute Gasteiger partial charge is 0.383 e. The summed E-state index contributed by atoms with van der Waals surface area (Å²) in [4.78, 5) is 2.53. The van der Waals surface area contributed by atoms with E-state index >= 15 is 0 Å². The molecule has 1 saturated heterocycles. The molecule has 1 aromatic carbocycles. The van der Waals surface area contributed by atoms with Gasteiger partial charge < -0.3 is 15.0 Å². The summed E-state index contributed by atoms with van der Waals surface area (Å²) in [7, 11) is 1.73. The summed E-state index contributed by atoms with van der Waals surface area (Å²) in [5.74, 6) is 0. The summed E-state index contributed by atoms with van der Waals surface area (Å²) in [5.41, 5.74) is 2.66. The van der Waals surface area contributed by atoms with Gasteiger partial charge in [0.05, 0.1) is 6.61 Å². The van der Waals surface area contributed by atoms with Gasteiger partial charge in [-0.1, -0.05) is 41.3 Å². The minimum absolute atomic E-state index is 0.753. The Morgan fingerprint density at radius 1 is 1.14 bits per heavy atom. The Labute approximate surface area is 137 Å². The molecule has 1 heterocycles. The number of hydrogen-bond donors (Lipinski definition) is 1. The van der Waals surface area contributed by atoms with Gasteiger partial charge in [-0.2, -0.15) is 0 Å². The molecule has 1 aliphatic heterocycles. The Morgan fingerprint density at radius 3 is 2.52 bits per heavy atom. The Kier molecular flexibility index (Phi) is 7.54. The third-order valence-corrected chi connectivity index (χ3v) is 4.79. The number of methoxy groups -OCH3 is 1. The molecule has 21 heavy (non-hydrogen) atoms.